The van der Waals surface area contributed by atoms with Gasteiger partial charge in [0.05, 0.1) is 50.0 Å². The lowest BCUT2D eigenvalue weighted by Crippen LogP contribution is -3.12. The summed E-state index contributed by atoms with van der Waals surface area (Å²) in [5, 5.41) is 0.920. The van der Waals surface area contributed by atoms with Gasteiger partial charge in [-0.3, -0.25) is 4.79 Å². The van der Waals surface area contributed by atoms with Crippen molar-refractivity contribution in [1.82, 2.24) is 9.88 Å². The van der Waals surface area contributed by atoms with Crippen LogP contribution in [0.25, 0.3) is 33.3 Å². The molecule has 1 aliphatic rings. The van der Waals surface area contributed by atoms with E-state index in [2.05, 4.69) is 43.4 Å². The third-order valence-electron chi connectivity index (χ3n) is 6.14. The number of carbonyl (C=O) groups is 1. The van der Waals surface area contributed by atoms with Gasteiger partial charge < -0.3 is 9.80 Å². The van der Waals surface area contributed by atoms with E-state index in [1.54, 1.807) is 0 Å². The third kappa shape index (κ3) is 3.94. The van der Waals surface area contributed by atoms with Crippen molar-refractivity contribution in [3.05, 3.63) is 90.5 Å². The first kappa shape index (κ1) is 19.5. The zero-order valence-corrected chi connectivity index (χ0v) is 17.7. The predicted octanol–water partition coefficient (Wildman–Crippen LogP) is 3.54. The second-order valence-electron chi connectivity index (χ2n) is 8.26. The fraction of sp³-hybridized carbons (Fsp3) is 0.185. The standard InChI is InChI=1S/C27H25N3O/c1-29-15-17-30(18-16-29)27(31)24-19-26(28-25-10-6-5-9-23(24)25)22-13-11-21(12-14-22)20-7-3-2-4-8-20/h2-14,19H,15-18H2,1H3/p+1. The number of piperazine rings is 1. The SMILES string of the molecule is C[NH+]1CCN(C(=O)c2cc(-c3ccc(-c4ccccc4)cc3)nc3ccccc23)CC1. The Balaban J connectivity index is 1.53. The Morgan fingerprint density at radius 2 is 1.42 bits per heavy atom. The molecular formula is C27H26N3O+. The normalized spacial score (nSPS) is 14.7. The van der Waals surface area contributed by atoms with Gasteiger partial charge in [0.2, 0.25) is 0 Å². The minimum atomic E-state index is 0.105. The van der Waals surface area contributed by atoms with Gasteiger partial charge in [-0.05, 0) is 23.3 Å². The lowest BCUT2D eigenvalue weighted by Gasteiger charge is -2.30. The van der Waals surface area contributed by atoms with Crippen molar-refractivity contribution in [1.29, 1.82) is 0 Å². The summed E-state index contributed by atoms with van der Waals surface area (Å²) in [6.07, 6.45) is 0. The maximum absolute atomic E-state index is 13.4. The van der Waals surface area contributed by atoms with Crippen LogP contribution in [0.15, 0.2) is 84.9 Å². The smallest absolute Gasteiger partial charge is 0.255 e. The van der Waals surface area contributed by atoms with Crippen molar-refractivity contribution in [2.24, 2.45) is 0 Å². The molecule has 0 atom stereocenters. The van der Waals surface area contributed by atoms with E-state index in [0.717, 1.165) is 53.9 Å². The first-order valence-electron chi connectivity index (χ1n) is 10.9. The lowest BCUT2D eigenvalue weighted by atomic mass is 10.00. The number of fused-ring (bicyclic) bond motifs is 1. The van der Waals surface area contributed by atoms with Gasteiger partial charge in [-0.2, -0.15) is 0 Å². The highest BCUT2D eigenvalue weighted by Gasteiger charge is 2.24. The van der Waals surface area contributed by atoms with E-state index in [4.69, 9.17) is 4.98 Å². The molecule has 0 saturated carbocycles. The van der Waals surface area contributed by atoms with Gasteiger partial charge in [-0.25, -0.2) is 4.98 Å². The fourth-order valence-electron chi connectivity index (χ4n) is 4.23. The molecule has 5 rings (SSSR count). The molecule has 0 radical (unpaired) electrons. The molecule has 4 aromatic rings. The molecule has 4 heteroatoms. The Morgan fingerprint density at radius 3 is 2.16 bits per heavy atom. The number of nitrogens with zero attached hydrogens (tertiary/aromatic N) is 2. The van der Waals surface area contributed by atoms with Gasteiger partial charge in [0.1, 0.15) is 0 Å². The molecule has 3 aromatic carbocycles. The molecule has 1 aromatic heterocycles. The van der Waals surface area contributed by atoms with Crippen LogP contribution in [-0.4, -0.2) is 49.0 Å². The molecule has 4 nitrogen and oxygen atoms in total. The summed E-state index contributed by atoms with van der Waals surface area (Å²) in [4.78, 5) is 21.8. The summed E-state index contributed by atoms with van der Waals surface area (Å²) < 4.78 is 0. The molecule has 1 N–H and O–H groups in total. The van der Waals surface area contributed by atoms with Gasteiger partial charge in [0.25, 0.3) is 5.91 Å². The molecule has 0 aliphatic carbocycles. The van der Waals surface area contributed by atoms with Crippen LogP contribution in [0.5, 0.6) is 0 Å². The molecule has 1 fully saturated rings. The van der Waals surface area contributed by atoms with Crippen molar-refractivity contribution in [2.75, 3.05) is 33.2 Å². The highest BCUT2D eigenvalue weighted by atomic mass is 16.2. The molecule has 0 spiro atoms. The summed E-state index contributed by atoms with van der Waals surface area (Å²) >= 11 is 0. The van der Waals surface area contributed by atoms with Crippen LogP contribution < -0.4 is 4.90 Å². The van der Waals surface area contributed by atoms with Crippen LogP contribution in [0.1, 0.15) is 10.4 Å². The highest BCUT2D eigenvalue weighted by molar-refractivity contribution is 6.07. The minimum Gasteiger partial charge on any atom is -0.334 e. The summed E-state index contributed by atoms with van der Waals surface area (Å²) in [7, 11) is 2.18. The second-order valence-corrected chi connectivity index (χ2v) is 8.26. The van der Waals surface area contributed by atoms with E-state index in [1.807, 2.05) is 53.4 Å². The number of nitrogens with one attached hydrogen (secondary N) is 1. The van der Waals surface area contributed by atoms with E-state index in [0.29, 0.717) is 0 Å². The highest BCUT2D eigenvalue weighted by Crippen LogP contribution is 2.28. The average molecular weight is 409 g/mol. The van der Waals surface area contributed by atoms with E-state index in [9.17, 15) is 4.79 Å². The molecule has 154 valence electrons. The Labute approximate surface area is 182 Å². The maximum Gasteiger partial charge on any atom is 0.255 e. The molecular weight excluding hydrogens is 382 g/mol. The molecule has 31 heavy (non-hydrogen) atoms. The number of likely N-dealkylation sites (N-methyl/N-ethyl adjacent to an activating group) is 1. The van der Waals surface area contributed by atoms with E-state index >= 15 is 0 Å². The number of rotatable bonds is 3. The Bertz CT molecular complexity index is 1210. The maximum atomic E-state index is 13.4. The van der Waals surface area contributed by atoms with E-state index in [-0.39, 0.29) is 5.91 Å². The van der Waals surface area contributed by atoms with Crippen LogP contribution >= 0.6 is 0 Å². The number of carbonyl (C=O) groups excluding carboxylic acids is 1. The van der Waals surface area contributed by atoms with Crippen molar-refractivity contribution < 1.29 is 9.69 Å². The monoisotopic (exact) mass is 408 g/mol. The zero-order chi connectivity index (χ0) is 21.2. The van der Waals surface area contributed by atoms with E-state index in [1.165, 1.54) is 16.0 Å². The van der Waals surface area contributed by atoms with Crippen LogP contribution in [0.2, 0.25) is 0 Å². The topological polar surface area (TPSA) is 37.6 Å². The summed E-state index contributed by atoms with van der Waals surface area (Å²) in [5.74, 6) is 0.105. The number of para-hydroxylation sites is 1. The average Bonchev–Trinajstić information content (AvgIpc) is 2.84. The predicted molar refractivity (Wildman–Crippen MR) is 125 cm³/mol. The Hall–Kier alpha value is -3.50. The van der Waals surface area contributed by atoms with Gasteiger partial charge in [0.15, 0.2) is 0 Å². The number of pyridine rings is 1. The Kier molecular flexibility index (Phi) is 5.23. The van der Waals surface area contributed by atoms with Gasteiger partial charge in [-0.15, -0.1) is 0 Å². The first-order chi connectivity index (χ1) is 15.2. The zero-order valence-electron chi connectivity index (χ0n) is 17.7. The van der Waals surface area contributed by atoms with Crippen LogP contribution in [0, 0.1) is 0 Å². The molecule has 1 amide bonds. The lowest BCUT2D eigenvalue weighted by molar-refractivity contribution is -0.883. The molecule has 0 bridgehead atoms. The van der Waals surface area contributed by atoms with Crippen molar-refractivity contribution in [3.63, 3.8) is 0 Å². The summed E-state index contributed by atoms with van der Waals surface area (Å²) in [6, 6.07) is 28.7. The van der Waals surface area contributed by atoms with Gasteiger partial charge in [-0.1, -0.05) is 72.8 Å². The second kappa shape index (κ2) is 8.32. The number of hydrogen-bond acceptors (Lipinski definition) is 2. The van der Waals surface area contributed by atoms with E-state index < -0.39 is 0 Å². The molecule has 2 heterocycles. The molecule has 1 aliphatic heterocycles. The van der Waals surface area contributed by atoms with Crippen molar-refractivity contribution in [2.45, 2.75) is 0 Å². The number of quaternary nitrogens is 1. The summed E-state index contributed by atoms with van der Waals surface area (Å²) in [6.45, 7) is 3.57. The van der Waals surface area contributed by atoms with Crippen LogP contribution in [0.3, 0.4) is 0 Å². The van der Waals surface area contributed by atoms with Crippen LogP contribution in [0.4, 0.5) is 0 Å². The minimum absolute atomic E-state index is 0.105. The fourth-order valence-corrected chi connectivity index (χ4v) is 4.23. The number of hydrogen-bond donors (Lipinski definition) is 1. The van der Waals surface area contributed by atoms with Crippen LogP contribution in [-0.2, 0) is 0 Å². The first-order valence-corrected chi connectivity index (χ1v) is 10.9. The molecule has 1 saturated heterocycles. The third-order valence-corrected chi connectivity index (χ3v) is 6.14. The number of amides is 1. The Morgan fingerprint density at radius 1 is 0.806 bits per heavy atom. The quantitative estimate of drug-likeness (QED) is 0.563. The summed E-state index contributed by atoms with van der Waals surface area (Å²) in [5.41, 5.74) is 5.81. The van der Waals surface area contributed by atoms with Gasteiger partial charge in [0, 0.05) is 10.9 Å². The van der Waals surface area contributed by atoms with Crippen molar-refractivity contribution in [3.8, 4) is 22.4 Å². The largest absolute Gasteiger partial charge is 0.334 e. The molecule has 0 unspecified atom stereocenters. The number of aromatic nitrogens is 1. The number of benzene rings is 3. The van der Waals surface area contributed by atoms with Crippen molar-refractivity contribution >= 4 is 16.8 Å². The van der Waals surface area contributed by atoms with Gasteiger partial charge >= 0.3 is 0 Å².